The van der Waals surface area contributed by atoms with Gasteiger partial charge in [-0.1, -0.05) is 13.8 Å². The Kier molecular flexibility index (Phi) is 4.68. The molecule has 2 aliphatic rings. The summed E-state index contributed by atoms with van der Waals surface area (Å²) in [5.41, 5.74) is 0.353. The minimum atomic E-state index is 0.353. The van der Waals surface area contributed by atoms with Gasteiger partial charge in [-0.05, 0) is 39.2 Å². The molecule has 0 aromatic carbocycles. The van der Waals surface area contributed by atoms with Crippen molar-refractivity contribution in [3.63, 3.8) is 0 Å². The maximum atomic E-state index is 3.46. The molecule has 106 valence electrons. The quantitative estimate of drug-likeness (QED) is 0.824. The van der Waals surface area contributed by atoms with Crippen molar-refractivity contribution >= 4 is 0 Å². The standard InChI is InChI=1S/C15H31N3/c1-13(2)5-9-18-10-6-14(15(18,3)4)17-11-7-16-8-12-17/h13-14,16H,5-12H2,1-4H3. The Balaban J connectivity index is 1.93. The van der Waals surface area contributed by atoms with Gasteiger partial charge in [-0.2, -0.15) is 0 Å². The molecule has 0 aromatic rings. The van der Waals surface area contributed by atoms with Crippen LogP contribution in [0.5, 0.6) is 0 Å². The Hall–Kier alpha value is -0.120. The van der Waals surface area contributed by atoms with E-state index in [9.17, 15) is 0 Å². The average molecular weight is 253 g/mol. The summed E-state index contributed by atoms with van der Waals surface area (Å²) in [4.78, 5) is 5.44. The zero-order chi connectivity index (χ0) is 13.2. The van der Waals surface area contributed by atoms with Crippen molar-refractivity contribution in [1.29, 1.82) is 0 Å². The highest BCUT2D eigenvalue weighted by molar-refractivity contribution is 5.01. The summed E-state index contributed by atoms with van der Waals surface area (Å²) in [7, 11) is 0. The Morgan fingerprint density at radius 1 is 1.17 bits per heavy atom. The van der Waals surface area contributed by atoms with E-state index in [-0.39, 0.29) is 0 Å². The zero-order valence-electron chi connectivity index (χ0n) is 12.7. The third-order valence-electron chi connectivity index (χ3n) is 4.87. The number of likely N-dealkylation sites (tertiary alicyclic amines) is 1. The summed E-state index contributed by atoms with van der Waals surface area (Å²) in [6, 6.07) is 0.756. The van der Waals surface area contributed by atoms with E-state index in [1.165, 1.54) is 52.1 Å². The van der Waals surface area contributed by atoms with Gasteiger partial charge in [0.25, 0.3) is 0 Å². The molecule has 0 aromatic heterocycles. The van der Waals surface area contributed by atoms with Gasteiger partial charge in [-0.3, -0.25) is 9.80 Å². The summed E-state index contributed by atoms with van der Waals surface area (Å²) < 4.78 is 0. The third kappa shape index (κ3) is 3.06. The van der Waals surface area contributed by atoms with Gasteiger partial charge >= 0.3 is 0 Å². The molecule has 1 atom stereocenters. The molecule has 1 N–H and O–H groups in total. The molecule has 3 heteroatoms. The Morgan fingerprint density at radius 2 is 1.83 bits per heavy atom. The van der Waals surface area contributed by atoms with Crippen LogP contribution in [-0.4, -0.2) is 60.6 Å². The largest absolute Gasteiger partial charge is 0.314 e. The molecular weight excluding hydrogens is 222 g/mol. The Bertz CT molecular complexity index is 256. The first-order valence-electron chi connectivity index (χ1n) is 7.71. The highest BCUT2D eigenvalue weighted by Gasteiger charge is 2.43. The van der Waals surface area contributed by atoms with Crippen molar-refractivity contribution in [3.05, 3.63) is 0 Å². The molecule has 2 aliphatic heterocycles. The highest BCUT2D eigenvalue weighted by Crippen LogP contribution is 2.33. The van der Waals surface area contributed by atoms with Crippen LogP contribution < -0.4 is 5.32 Å². The van der Waals surface area contributed by atoms with Crippen molar-refractivity contribution in [2.24, 2.45) is 5.92 Å². The van der Waals surface area contributed by atoms with Crippen molar-refractivity contribution < 1.29 is 0 Å². The maximum absolute atomic E-state index is 3.46. The van der Waals surface area contributed by atoms with E-state index in [4.69, 9.17) is 0 Å². The van der Waals surface area contributed by atoms with E-state index in [2.05, 4.69) is 42.8 Å². The fourth-order valence-corrected chi connectivity index (χ4v) is 3.57. The number of hydrogen-bond donors (Lipinski definition) is 1. The van der Waals surface area contributed by atoms with Gasteiger partial charge in [0.2, 0.25) is 0 Å². The van der Waals surface area contributed by atoms with Gasteiger partial charge in [0, 0.05) is 44.3 Å². The minimum Gasteiger partial charge on any atom is -0.314 e. The second-order valence-corrected chi connectivity index (χ2v) is 6.91. The Morgan fingerprint density at radius 3 is 2.44 bits per heavy atom. The van der Waals surface area contributed by atoms with E-state index < -0.39 is 0 Å². The van der Waals surface area contributed by atoms with E-state index >= 15 is 0 Å². The first-order chi connectivity index (χ1) is 8.51. The minimum absolute atomic E-state index is 0.353. The number of nitrogens with one attached hydrogen (secondary N) is 1. The van der Waals surface area contributed by atoms with Crippen LogP contribution in [-0.2, 0) is 0 Å². The molecule has 2 saturated heterocycles. The first-order valence-corrected chi connectivity index (χ1v) is 7.71. The molecule has 0 radical (unpaired) electrons. The van der Waals surface area contributed by atoms with E-state index in [1.807, 2.05) is 0 Å². The van der Waals surface area contributed by atoms with Crippen LogP contribution in [0, 0.1) is 5.92 Å². The summed E-state index contributed by atoms with van der Waals surface area (Å²) in [6.07, 6.45) is 2.68. The molecule has 2 fully saturated rings. The SMILES string of the molecule is CC(C)CCN1CCC(N2CCNCC2)C1(C)C. The average Bonchev–Trinajstić information content (AvgIpc) is 2.62. The molecule has 0 amide bonds. The second-order valence-electron chi connectivity index (χ2n) is 6.91. The van der Waals surface area contributed by atoms with Gasteiger partial charge in [0.15, 0.2) is 0 Å². The molecule has 0 saturated carbocycles. The van der Waals surface area contributed by atoms with Gasteiger partial charge in [-0.15, -0.1) is 0 Å². The number of hydrogen-bond acceptors (Lipinski definition) is 3. The van der Waals surface area contributed by atoms with Gasteiger partial charge in [0.05, 0.1) is 0 Å². The molecule has 0 bridgehead atoms. The third-order valence-corrected chi connectivity index (χ3v) is 4.87. The van der Waals surface area contributed by atoms with Crippen LogP contribution in [0.1, 0.15) is 40.5 Å². The van der Waals surface area contributed by atoms with Crippen molar-refractivity contribution in [1.82, 2.24) is 15.1 Å². The van der Waals surface area contributed by atoms with Crippen LogP contribution >= 0.6 is 0 Å². The maximum Gasteiger partial charge on any atom is 0.0308 e. The van der Waals surface area contributed by atoms with Gasteiger partial charge < -0.3 is 5.32 Å². The fourth-order valence-electron chi connectivity index (χ4n) is 3.57. The molecule has 18 heavy (non-hydrogen) atoms. The van der Waals surface area contributed by atoms with Crippen LogP contribution in [0.2, 0.25) is 0 Å². The molecule has 0 aliphatic carbocycles. The molecule has 2 heterocycles. The summed E-state index contributed by atoms with van der Waals surface area (Å²) in [6.45, 7) is 16.9. The van der Waals surface area contributed by atoms with Crippen LogP contribution in [0.4, 0.5) is 0 Å². The predicted molar refractivity (Wildman–Crippen MR) is 78.0 cm³/mol. The van der Waals surface area contributed by atoms with Crippen molar-refractivity contribution in [3.8, 4) is 0 Å². The summed E-state index contributed by atoms with van der Waals surface area (Å²) >= 11 is 0. The fraction of sp³-hybridized carbons (Fsp3) is 1.00. The van der Waals surface area contributed by atoms with Crippen molar-refractivity contribution in [2.75, 3.05) is 39.3 Å². The lowest BCUT2D eigenvalue weighted by molar-refractivity contribution is 0.0702. The molecule has 3 nitrogen and oxygen atoms in total. The molecule has 0 spiro atoms. The van der Waals surface area contributed by atoms with E-state index in [0.717, 1.165) is 12.0 Å². The summed E-state index contributed by atoms with van der Waals surface area (Å²) in [5.74, 6) is 0.819. The van der Waals surface area contributed by atoms with Gasteiger partial charge in [-0.25, -0.2) is 0 Å². The lowest BCUT2D eigenvalue weighted by atomic mass is 9.93. The first kappa shape index (κ1) is 14.3. The molecular formula is C15H31N3. The lowest BCUT2D eigenvalue weighted by Crippen LogP contribution is -2.57. The predicted octanol–water partition coefficient (Wildman–Crippen LogP) is 1.79. The lowest BCUT2D eigenvalue weighted by Gasteiger charge is -2.43. The smallest absolute Gasteiger partial charge is 0.0308 e. The Labute approximate surface area is 113 Å². The van der Waals surface area contributed by atoms with Crippen LogP contribution in [0.15, 0.2) is 0 Å². The summed E-state index contributed by atoms with van der Waals surface area (Å²) in [5, 5.41) is 3.46. The number of piperazine rings is 1. The van der Waals surface area contributed by atoms with E-state index in [1.54, 1.807) is 0 Å². The monoisotopic (exact) mass is 253 g/mol. The van der Waals surface area contributed by atoms with Crippen molar-refractivity contribution in [2.45, 2.75) is 52.1 Å². The van der Waals surface area contributed by atoms with Crippen LogP contribution in [0.3, 0.4) is 0 Å². The van der Waals surface area contributed by atoms with Crippen LogP contribution in [0.25, 0.3) is 0 Å². The molecule has 1 unspecified atom stereocenters. The highest BCUT2D eigenvalue weighted by atomic mass is 15.3. The number of nitrogens with zero attached hydrogens (tertiary/aromatic N) is 2. The normalized spacial score (nSPS) is 30.2. The van der Waals surface area contributed by atoms with E-state index in [0.29, 0.717) is 5.54 Å². The zero-order valence-corrected chi connectivity index (χ0v) is 12.7. The number of rotatable bonds is 4. The second kappa shape index (κ2) is 5.89. The van der Waals surface area contributed by atoms with Gasteiger partial charge in [0.1, 0.15) is 0 Å². The molecule has 2 rings (SSSR count). The topological polar surface area (TPSA) is 18.5 Å².